The van der Waals surface area contributed by atoms with Crippen molar-refractivity contribution < 1.29 is 0 Å². The van der Waals surface area contributed by atoms with Crippen molar-refractivity contribution in [2.45, 2.75) is 26.7 Å². The second-order valence-corrected chi connectivity index (χ2v) is 9.02. The fourth-order valence-corrected chi connectivity index (χ4v) is 4.61. The summed E-state index contributed by atoms with van der Waals surface area (Å²) in [5.74, 6) is 0.157. The molecule has 5 rings (SSSR count). The molecule has 4 aromatic carbocycles. The van der Waals surface area contributed by atoms with Crippen LogP contribution in [-0.4, -0.2) is 5.71 Å². The van der Waals surface area contributed by atoms with E-state index >= 15 is 0 Å². The van der Waals surface area contributed by atoms with E-state index in [0.29, 0.717) is 5.71 Å². The second kappa shape index (κ2) is 6.42. The van der Waals surface area contributed by atoms with Crippen molar-refractivity contribution in [1.82, 2.24) is 0 Å². The maximum atomic E-state index is 9.03. The van der Waals surface area contributed by atoms with E-state index in [9.17, 15) is 0 Å². The van der Waals surface area contributed by atoms with Crippen LogP contribution in [0.25, 0.3) is 21.9 Å². The van der Waals surface area contributed by atoms with E-state index in [1.807, 2.05) is 0 Å². The fraction of sp³-hybridized carbons (Fsp3) is 0.179. The minimum absolute atomic E-state index is 0.157. The van der Waals surface area contributed by atoms with Gasteiger partial charge in [0, 0.05) is 22.6 Å². The van der Waals surface area contributed by atoms with Gasteiger partial charge >= 0.3 is 0 Å². The molecule has 0 radical (unpaired) electrons. The summed E-state index contributed by atoms with van der Waals surface area (Å²) >= 11 is 0. The Kier molecular flexibility index (Phi) is 3.96. The van der Waals surface area contributed by atoms with Crippen molar-refractivity contribution in [1.29, 1.82) is 5.41 Å². The molecule has 0 heterocycles. The van der Waals surface area contributed by atoms with Crippen LogP contribution in [0.3, 0.4) is 0 Å². The molecule has 0 unspecified atom stereocenters. The highest BCUT2D eigenvalue weighted by Gasteiger charge is 2.33. The normalized spacial score (nSPS) is 13.3. The molecule has 0 bridgehead atoms. The molecule has 1 aliphatic carbocycles. The Morgan fingerprint density at radius 3 is 1.69 bits per heavy atom. The number of benzene rings is 4. The highest BCUT2D eigenvalue weighted by atomic mass is 14.5. The molecule has 1 aliphatic rings. The predicted molar refractivity (Wildman–Crippen MR) is 123 cm³/mol. The van der Waals surface area contributed by atoms with E-state index in [4.69, 9.17) is 5.41 Å². The van der Waals surface area contributed by atoms with Crippen LogP contribution in [0.2, 0.25) is 0 Å². The van der Waals surface area contributed by atoms with Gasteiger partial charge in [-0.05, 0) is 50.7 Å². The van der Waals surface area contributed by atoms with Crippen molar-refractivity contribution in [2.24, 2.45) is 5.41 Å². The maximum absolute atomic E-state index is 9.03. The highest BCUT2D eigenvalue weighted by Crippen LogP contribution is 2.49. The first kappa shape index (κ1) is 17.9. The van der Waals surface area contributed by atoms with Crippen LogP contribution in [0, 0.1) is 10.8 Å². The summed E-state index contributed by atoms with van der Waals surface area (Å²) in [7, 11) is 0. The lowest BCUT2D eigenvalue weighted by atomic mass is 9.78. The Morgan fingerprint density at radius 2 is 1.14 bits per heavy atom. The van der Waals surface area contributed by atoms with Gasteiger partial charge in [-0.1, -0.05) is 93.6 Å². The molecule has 142 valence electrons. The molecule has 0 saturated heterocycles. The molecule has 1 heteroatoms. The van der Waals surface area contributed by atoms with Gasteiger partial charge in [-0.2, -0.15) is 0 Å². The molecule has 1 nitrogen and oxygen atoms in total. The summed E-state index contributed by atoms with van der Waals surface area (Å²) in [6.45, 7) is 6.39. The third kappa shape index (κ3) is 2.81. The van der Waals surface area contributed by atoms with Crippen molar-refractivity contribution in [3.8, 4) is 11.1 Å². The molecule has 0 fully saturated rings. The lowest BCUT2D eigenvalue weighted by molar-refractivity contribution is 0.588. The van der Waals surface area contributed by atoms with Gasteiger partial charge < -0.3 is 5.41 Å². The average molecular weight is 376 g/mol. The lowest BCUT2D eigenvalue weighted by Crippen LogP contribution is -2.22. The summed E-state index contributed by atoms with van der Waals surface area (Å²) in [6, 6.07) is 30.5. The van der Waals surface area contributed by atoms with Gasteiger partial charge in [0.2, 0.25) is 0 Å². The van der Waals surface area contributed by atoms with Crippen LogP contribution >= 0.6 is 0 Å². The summed E-state index contributed by atoms with van der Waals surface area (Å²) < 4.78 is 0. The molecule has 0 saturated carbocycles. The Balaban J connectivity index is 1.84. The zero-order valence-electron chi connectivity index (χ0n) is 17.2. The van der Waals surface area contributed by atoms with E-state index in [2.05, 4.69) is 106 Å². The van der Waals surface area contributed by atoms with Gasteiger partial charge in [-0.15, -0.1) is 0 Å². The lowest BCUT2D eigenvalue weighted by Gasteiger charge is -2.26. The summed E-state index contributed by atoms with van der Waals surface area (Å²) in [4.78, 5) is 0. The monoisotopic (exact) mass is 375 g/mol. The zero-order valence-corrected chi connectivity index (χ0v) is 17.2. The van der Waals surface area contributed by atoms with E-state index in [1.54, 1.807) is 0 Å². The molecule has 0 atom stereocenters. The van der Waals surface area contributed by atoms with Gasteiger partial charge in [0.05, 0.1) is 0 Å². The van der Waals surface area contributed by atoms with Crippen LogP contribution in [0.5, 0.6) is 0 Å². The van der Waals surface area contributed by atoms with Crippen molar-refractivity contribution in [2.75, 3.05) is 0 Å². The Hall–Kier alpha value is -3.19. The molecular formula is C28H25N. The van der Waals surface area contributed by atoms with Crippen LogP contribution in [0.15, 0.2) is 84.9 Å². The first-order valence-electron chi connectivity index (χ1n) is 10.3. The van der Waals surface area contributed by atoms with Gasteiger partial charge in [-0.25, -0.2) is 0 Å². The minimum Gasteiger partial charge on any atom is -0.304 e. The quantitative estimate of drug-likeness (QED) is 0.311. The van der Waals surface area contributed by atoms with Crippen LogP contribution in [0.1, 0.15) is 48.9 Å². The van der Waals surface area contributed by atoms with E-state index < -0.39 is 0 Å². The average Bonchev–Trinajstić information content (AvgIpc) is 3.06. The van der Waals surface area contributed by atoms with Crippen molar-refractivity contribution in [3.63, 3.8) is 0 Å². The van der Waals surface area contributed by atoms with E-state index in [0.717, 1.165) is 5.56 Å². The van der Waals surface area contributed by atoms with Gasteiger partial charge in [0.15, 0.2) is 0 Å². The molecule has 0 amide bonds. The number of hydrogen-bond donors (Lipinski definition) is 1. The molecule has 0 spiro atoms. The van der Waals surface area contributed by atoms with Gasteiger partial charge in [-0.3, -0.25) is 0 Å². The second-order valence-electron chi connectivity index (χ2n) is 9.02. The standard InChI is InChI=1S/C28H25N/c1-28(2,3)27(29)25-17-19-11-5-4-10-18(19)16-24(25)26-22-14-8-6-12-20(22)21-13-7-9-15-23(21)26/h4-17,26,29H,1-3H3. The number of fused-ring (bicyclic) bond motifs is 4. The number of rotatable bonds is 2. The Morgan fingerprint density at radius 1 is 0.655 bits per heavy atom. The Labute approximate surface area is 172 Å². The van der Waals surface area contributed by atoms with E-state index in [-0.39, 0.29) is 11.3 Å². The molecule has 0 aromatic heterocycles. The van der Waals surface area contributed by atoms with Crippen LogP contribution in [-0.2, 0) is 0 Å². The predicted octanol–water partition coefficient (Wildman–Crippen LogP) is 7.41. The van der Waals surface area contributed by atoms with E-state index in [1.165, 1.54) is 38.6 Å². The SMILES string of the molecule is CC(C)(C)C(=N)c1cc2ccccc2cc1C1c2ccccc2-c2ccccc21. The smallest absolute Gasteiger partial charge is 0.0442 e. The van der Waals surface area contributed by atoms with Gasteiger partial charge in [0.1, 0.15) is 0 Å². The maximum Gasteiger partial charge on any atom is 0.0442 e. The number of nitrogens with one attached hydrogen (secondary N) is 1. The first-order valence-corrected chi connectivity index (χ1v) is 10.3. The highest BCUT2D eigenvalue weighted by molar-refractivity contribution is 6.06. The third-order valence-corrected chi connectivity index (χ3v) is 6.08. The van der Waals surface area contributed by atoms with Crippen molar-refractivity contribution in [3.05, 3.63) is 107 Å². The topological polar surface area (TPSA) is 23.9 Å². The summed E-state index contributed by atoms with van der Waals surface area (Å²) in [5, 5.41) is 11.5. The molecule has 0 aliphatic heterocycles. The fourth-order valence-electron chi connectivity index (χ4n) is 4.61. The minimum atomic E-state index is -0.213. The third-order valence-electron chi connectivity index (χ3n) is 6.08. The first-order chi connectivity index (χ1) is 13.9. The molecule has 4 aromatic rings. The van der Waals surface area contributed by atoms with Crippen LogP contribution in [0.4, 0.5) is 0 Å². The van der Waals surface area contributed by atoms with Gasteiger partial charge in [0.25, 0.3) is 0 Å². The van der Waals surface area contributed by atoms with Crippen molar-refractivity contribution >= 4 is 16.5 Å². The molecule has 29 heavy (non-hydrogen) atoms. The largest absolute Gasteiger partial charge is 0.304 e. The summed E-state index contributed by atoms with van der Waals surface area (Å²) in [5.41, 5.74) is 8.09. The number of hydrogen-bond acceptors (Lipinski definition) is 1. The summed E-state index contributed by atoms with van der Waals surface area (Å²) in [6.07, 6.45) is 0. The molecular weight excluding hydrogens is 350 g/mol. The van der Waals surface area contributed by atoms with Crippen LogP contribution < -0.4 is 0 Å². The molecule has 1 N–H and O–H groups in total. The Bertz CT molecular complexity index is 1210. The zero-order chi connectivity index (χ0) is 20.2.